The molecule has 8 nitrogen and oxygen atoms in total. The molecule has 9 heteroatoms. The Morgan fingerprint density at radius 3 is 2.46 bits per heavy atom. The fraction of sp³-hybridized carbons (Fsp3) is 0.143. The molecule has 0 unspecified atom stereocenters. The van der Waals surface area contributed by atoms with Crippen molar-refractivity contribution in [2.45, 2.75) is 12.5 Å². The van der Waals surface area contributed by atoms with E-state index in [4.69, 9.17) is 0 Å². The number of H-pyrrole nitrogens is 1. The maximum absolute atomic E-state index is 13.5. The van der Waals surface area contributed by atoms with Crippen molar-refractivity contribution in [3.63, 3.8) is 0 Å². The third-order valence-corrected chi connectivity index (χ3v) is 6.88. The number of carbonyl (C=O) groups is 2. The first-order chi connectivity index (χ1) is 17.8. The minimum Gasteiger partial charge on any atom is -0.338 e. The van der Waals surface area contributed by atoms with E-state index in [9.17, 15) is 18.8 Å². The number of likely N-dealkylation sites (tertiary alicyclic amines) is 1. The molecule has 2 aromatic heterocycles. The van der Waals surface area contributed by atoms with Gasteiger partial charge in [0.25, 0.3) is 11.5 Å². The number of aromatic amines is 1. The van der Waals surface area contributed by atoms with Crippen LogP contribution in [-0.2, 0) is 10.3 Å². The zero-order chi connectivity index (χ0) is 25.7. The van der Waals surface area contributed by atoms with Crippen molar-refractivity contribution in [2.75, 3.05) is 13.1 Å². The van der Waals surface area contributed by atoms with Crippen molar-refractivity contribution >= 4 is 28.1 Å². The predicted molar refractivity (Wildman–Crippen MR) is 137 cm³/mol. The number of halogens is 1. The first-order valence-corrected chi connectivity index (χ1v) is 11.8. The first-order valence-electron chi connectivity index (χ1n) is 11.8. The van der Waals surface area contributed by atoms with E-state index in [0.29, 0.717) is 11.3 Å². The monoisotopic (exact) mass is 495 g/mol. The molecule has 6 rings (SSSR count). The Morgan fingerprint density at radius 1 is 1.00 bits per heavy atom. The summed E-state index contributed by atoms with van der Waals surface area (Å²) in [5.74, 6) is -1.01. The van der Waals surface area contributed by atoms with Crippen LogP contribution in [0, 0.1) is 5.82 Å². The molecule has 2 N–H and O–H groups in total. The average Bonchev–Trinajstić information content (AvgIpc) is 3.31. The lowest BCUT2D eigenvalue weighted by Crippen LogP contribution is -2.68. The first kappa shape index (κ1) is 22.7. The van der Waals surface area contributed by atoms with Gasteiger partial charge in [-0.2, -0.15) is 5.10 Å². The normalized spacial score (nSPS) is 14.5. The second kappa shape index (κ2) is 8.41. The standard InChI is InChI=1S/C28H22FN5O3/c1-17(35)33-15-28(16-33,21-8-10-22(29)11-9-21)31-26(36)23-13-25-27(37)30-24(14-34(25)32-23)20-7-6-18-4-2-3-5-19(18)12-20/h2-14H,15-16H2,1H3,(H,30,37)(H,31,36). The van der Waals surface area contributed by atoms with E-state index in [-0.39, 0.29) is 35.8 Å². The summed E-state index contributed by atoms with van der Waals surface area (Å²) < 4.78 is 14.9. The zero-order valence-corrected chi connectivity index (χ0v) is 19.9. The average molecular weight is 496 g/mol. The van der Waals surface area contributed by atoms with E-state index in [2.05, 4.69) is 15.4 Å². The minimum absolute atomic E-state index is 0.0592. The molecule has 1 saturated heterocycles. The predicted octanol–water partition coefficient (Wildman–Crippen LogP) is 3.47. The maximum atomic E-state index is 13.5. The second-order valence-corrected chi connectivity index (χ2v) is 9.34. The molecule has 1 aliphatic heterocycles. The molecule has 1 aliphatic rings. The van der Waals surface area contributed by atoms with Crippen LogP contribution < -0.4 is 10.9 Å². The van der Waals surface area contributed by atoms with Gasteiger partial charge in [0.1, 0.15) is 16.9 Å². The van der Waals surface area contributed by atoms with E-state index in [1.165, 1.54) is 29.6 Å². The van der Waals surface area contributed by atoms with Crippen molar-refractivity contribution in [1.29, 1.82) is 0 Å². The fourth-order valence-electron chi connectivity index (χ4n) is 4.83. The highest BCUT2D eigenvalue weighted by molar-refractivity contribution is 5.94. The topological polar surface area (TPSA) is 99.6 Å². The summed E-state index contributed by atoms with van der Waals surface area (Å²) >= 11 is 0. The lowest BCUT2D eigenvalue weighted by atomic mass is 9.82. The van der Waals surface area contributed by atoms with Gasteiger partial charge in [0.2, 0.25) is 5.91 Å². The van der Waals surface area contributed by atoms with Crippen LogP contribution in [0.5, 0.6) is 0 Å². The Labute approximate surface area is 210 Å². The van der Waals surface area contributed by atoms with Crippen LogP contribution in [0.25, 0.3) is 27.5 Å². The Balaban J connectivity index is 1.33. The van der Waals surface area contributed by atoms with Gasteiger partial charge in [0, 0.05) is 31.6 Å². The van der Waals surface area contributed by atoms with Crippen molar-refractivity contribution < 1.29 is 14.0 Å². The molecule has 1 fully saturated rings. The second-order valence-electron chi connectivity index (χ2n) is 9.34. The fourth-order valence-corrected chi connectivity index (χ4v) is 4.83. The Hall–Kier alpha value is -4.79. The number of carbonyl (C=O) groups excluding carboxylic acids is 2. The largest absolute Gasteiger partial charge is 0.338 e. The highest BCUT2D eigenvalue weighted by Crippen LogP contribution is 2.33. The lowest BCUT2D eigenvalue weighted by Gasteiger charge is -2.50. The van der Waals surface area contributed by atoms with Gasteiger partial charge in [0.15, 0.2) is 5.69 Å². The number of rotatable bonds is 4. The third-order valence-electron chi connectivity index (χ3n) is 6.88. The molecule has 0 bridgehead atoms. The summed E-state index contributed by atoms with van der Waals surface area (Å²) in [4.78, 5) is 42.4. The number of nitrogens with one attached hydrogen (secondary N) is 2. The molecule has 0 aliphatic carbocycles. The van der Waals surface area contributed by atoms with Crippen LogP contribution in [-0.4, -0.2) is 44.4 Å². The smallest absolute Gasteiger partial charge is 0.274 e. The van der Waals surface area contributed by atoms with Gasteiger partial charge in [-0.25, -0.2) is 8.91 Å². The number of hydrogen-bond donors (Lipinski definition) is 2. The van der Waals surface area contributed by atoms with Gasteiger partial charge < -0.3 is 15.2 Å². The Morgan fingerprint density at radius 2 is 1.73 bits per heavy atom. The summed E-state index contributed by atoms with van der Waals surface area (Å²) in [6.07, 6.45) is 1.67. The van der Waals surface area contributed by atoms with Gasteiger partial charge in [-0.15, -0.1) is 0 Å². The minimum atomic E-state index is -0.880. The molecule has 5 aromatic rings. The molecule has 184 valence electrons. The van der Waals surface area contributed by atoms with Crippen molar-refractivity contribution in [3.05, 3.63) is 106 Å². The summed E-state index contributed by atoms with van der Waals surface area (Å²) in [6.45, 7) is 1.96. The quantitative estimate of drug-likeness (QED) is 0.399. The molecule has 3 heterocycles. The van der Waals surface area contributed by atoms with Crippen LogP contribution in [0.4, 0.5) is 4.39 Å². The summed E-state index contributed by atoms with van der Waals surface area (Å²) in [6, 6.07) is 21.1. The van der Waals surface area contributed by atoms with Crippen LogP contribution in [0.1, 0.15) is 23.0 Å². The summed E-state index contributed by atoms with van der Waals surface area (Å²) in [5.41, 5.74) is 1.09. The van der Waals surface area contributed by atoms with E-state index >= 15 is 0 Å². The molecular formula is C28H22FN5O3. The van der Waals surface area contributed by atoms with E-state index in [0.717, 1.165) is 16.3 Å². The number of nitrogens with zero attached hydrogens (tertiary/aromatic N) is 3. The molecule has 0 spiro atoms. The SMILES string of the molecule is CC(=O)N1CC(NC(=O)c2cc3c(=O)[nH]c(-c4ccc5ccccc5c4)cn3n2)(c2ccc(F)cc2)C1. The molecular weight excluding hydrogens is 473 g/mol. The molecule has 0 atom stereocenters. The summed E-state index contributed by atoms with van der Waals surface area (Å²) in [5, 5.41) is 9.46. The van der Waals surface area contributed by atoms with E-state index in [1.807, 2.05) is 42.5 Å². The van der Waals surface area contributed by atoms with Gasteiger partial charge in [-0.3, -0.25) is 14.4 Å². The van der Waals surface area contributed by atoms with Crippen molar-refractivity contribution in [2.24, 2.45) is 0 Å². The number of fused-ring (bicyclic) bond motifs is 2. The number of amides is 2. The highest BCUT2D eigenvalue weighted by Gasteiger charge is 2.47. The van der Waals surface area contributed by atoms with Gasteiger partial charge in [0.05, 0.1) is 11.9 Å². The molecule has 37 heavy (non-hydrogen) atoms. The molecule has 3 aromatic carbocycles. The molecule has 0 saturated carbocycles. The Bertz CT molecular complexity index is 1750. The van der Waals surface area contributed by atoms with Gasteiger partial charge in [-0.05, 0) is 34.5 Å². The summed E-state index contributed by atoms with van der Waals surface area (Å²) in [7, 11) is 0. The van der Waals surface area contributed by atoms with Crippen molar-refractivity contribution in [3.8, 4) is 11.3 Å². The number of benzene rings is 3. The molecule has 0 radical (unpaired) electrons. The van der Waals surface area contributed by atoms with Crippen LogP contribution in [0.3, 0.4) is 0 Å². The maximum Gasteiger partial charge on any atom is 0.274 e. The van der Waals surface area contributed by atoms with Crippen LogP contribution >= 0.6 is 0 Å². The van der Waals surface area contributed by atoms with Crippen molar-refractivity contribution in [1.82, 2.24) is 24.8 Å². The van der Waals surface area contributed by atoms with Gasteiger partial charge >= 0.3 is 0 Å². The number of hydrogen-bond acceptors (Lipinski definition) is 4. The third kappa shape index (κ3) is 3.94. The zero-order valence-electron chi connectivity index (χ0n) is 19.9. The van der Waals surface area contributed by atoms with Gasteiger partial charge in [-0.1, -0.05) is 48.5 Å². The van der Waals surface area contributed by atoms with E-state index < -0.39 is 17.3 Å². The lowest BCUT2D eigenvalue weighted by molar-refractivity contribution is -0.137. The highest BCUT2D eigenvalue weighted by atomic mass is 19.1. The molecule has 2 amide bonds. The number of aromatic nitrogens is 3. The Kier molecular flexibility index (Phi) is 5.15. The van der Waals surface area contributed by atoms with Crippen LogP contribution in [0.2, 0.25) is 0 Å². The van der Waals surface area contributed by atoms with Crippen LogP contribution in [0.15, 0.2) is 83.8 Å². The van der Waals surface area contributed by atoms with E-state index in [1.54, 1.807) is 23.2 Å².